The van der Waals surface area contributed by atoms with Crippen LogP contribution in [0.5, 0.6) is 0 Å². The fraction of sp³-hybridized carbons (Fsp3) is 0.429. The van der Waals surface area contributed by atoms with Gasteiger partial charge in [0.15, 0.2) is 0 Å². The van der Waals surface area contributed by atoms with Gasteiger partial charge in [0.1, 0.15) is 6.33 Å². The highest BCUT2D eigenvalue weighted by molar-refractivity contribution is 7.09. The Kier molecular flexibility index (Phi) is 24.1. The summed E-state index contributed by atoms with van der Waals surface area (Å²) >= 11 is 3.44. The van der Waals surface area contributed by atoms with E-state index < -0.39 is 0 Å². The second-order valence-electron chi connectivity index (χ2n) is 13.5. The highest BCUT2D eigenvalue weighted by Gasteiger charge is 2.00. The molecule has 280 valence electrons. The van der Waals surface area contributed by atoms with Crippen molar-refractivity contribution in [1.29, 1.82) is 0 Å². The first kappa shape index (κ1) is 45.7. The molecule has 0 saturated heterocycles. The molecular formula is C42H60N8S2. The van der Waals surface area contributed by atoms with Crippen LogP contribution in [0.2, 0.25) is 0 Å². The molecule has 0 bridgehead atoms. The first-order valence-electron chi connectivity index (χ1n) is 17.9. The molecule has 10 heteroatoms. The van der Waals surface area contributed by atoms with Crippen LogP contribution in [0.25, 0.3) is 0 Å². The van der Waals surface area contributed by atoms with Crippen LogP contribution in [0.1, 0.15) is 151 Å². The standard InChI is InChI=1S/2C8H11N.2C7H10N2.2C6H9NS/c1-7(2)8-3-5-9-6-4-8;1-7(2)8-4-3-5-9-6-8;1-6(2)7-5-8-3-4-9-7;1-6(2)7-3-4-8-5-9-7;2*1-5(2)6-7-3-4-8-6/h2*3-7H,1-2H3;2*3-6H,1-2H3;2*3-5H,1-2H3. The van der Waals surface area contributed by atoms with Crippen molar-refractivity contribution in [3.8, 4) is 0 Å². The van der Waals surface area contributed by atoms with Crippen LogP contribution in [-0.4, -0.2) is 39.9 Å². The van der Waals surface area contributed by atoms with Crippen molar-refractivity contribution in [1.82, 2.24) is 39.9 Å². The van der Waals surface area contributed by atoms with E-state index in [1.165, 1.54) is 21.1 Å². The molecule has 8 nitrogen and oxygen atoms in total. The van der Waals surface area contributed by atoms with E-state index in [0.717, 1.165) is 11.4 Å². The van der Waals surface area contributed by atoms with Gasteiger partial charge >= 0.3 is 0 Å². The lowest BCUT2D eigenvalue weighted by atomic mass is 10.1. The van der Waals surface area contributed by atoms with Crippen LogP contribution < -0.4 is 0 Å². The molecule has 0 aliphatic carbocycles. The number of hydrogen-bond acceptors (Lipinski definition) is 10. The second-order valence-corrected chi connectivity index (χ2v) is 15.4. The lowest BCUT2D eigenvalue weighted by Crippen LogP contribution is -1.91. The van der Waals surface area contributed by atoms with Crippen molar-refractivity contribution in [3.63, 3.8) is 0 Å². The van der Waals surface area contributed by atoms with E-state index in [2.05, 4.69) is 129 Å². The van der Waals surface area contributed by atoms with Gasteiger partial charge in [-0.05, 0) is 59.1 Å². The summed E-state index contributed by atoms with van der Waals surface area (Å²) in [6, 6.07) is 10.1. The third-order valence-corrected chi connectivity index (χ3v) is 9.14. The second kappa shape index (κ2) is 27.4. The monoisotopic (exact) mass is 740 g/mol. The van der Waals surface area contributed by atoms with Crippen LogP contribution in [0, 0.1) is 0 Å². The van der Waals surface area contributed by atoms with Crippen LogP contribution in [-0.2, 0) is 0 Å². The minimum Gasteiger partial charge on any atom is -0.265 e. The molecule has 0 aliphatic rings. The van der Waals surface area contributed by atoms with Gasteiger partial charge in [-0.2, -0.15) is 0 Å². The predicted molar refractivity (Wildman–Crippen MR) is 221 cm³/mol. The summed E-state index contributed by atoms with van der Waals surface area (Å²) in [5.41, 5.74) is 4.81. The molecule has 52 heavy (non-hydrogen) atoms. The average molecular weight is 741 g/mol. The first-order chi connectivity index (χ1) is 24.8. The van der Waals surface area contributed by atoms with Crippen LogP contribution in [0.3, 0.4) is 0 Å². The minimum absolute atomic E-state index is 0.485. The van der Waals surface area contributed by atoms with Gasteiger partial charge < -0.3 is 0 Å². The van der Waals surface area contributed by atoms with Crippen molar-refractivity contribution in [2.75, 3.05) is 0 Å². The fourth-order valence-corrected chi connectivity index (χ4v) is 5.07. The molecule has 0 radical (unpaired) electrons. The Bertz CT molecular complexity index is 1400. The van der Waals surface area contributed by atoms with E-state index in [1.54, 1.807) is 60.0 Å². The summed E-state index contributed by atoms with van der Waals surface area (Å²) in [6.07, 6.45) is 19.6. The number of aromatic nitrogens is 8. The molecule has 0 spiro atoms. The maximum absolute atomic E-state index is 4.13. The Hall–Kier alpha value is -4.28. The molecular weight excluding hydrogens is 681 g/mol. The van der Waals surface area contributed by atoms with E-state index in [4.69, 9.17) is 0 Å². The third kappa shape index (κ3) is 21.2. The zero-order valence-corrected chi connectivity index (χ0v) is 34.9. The van der Waals surface area contributed by atoms with Gasteiger partial charge in [-0.1, -0.05) is 89.2 Å². The lowest BCUT2D eigenvalue weighted by molar-refractivity contribution is 0.812. The lowest BCUT2D eigenvalue weighted by Gasteiger charge is -2.01. The molecule has 0 saturated carbocycles. The Morgan fingerprint density at radius 2 is 0.923 bits per heavy atom. The minimum atomic E-state index is 0.485. The van der Waals surface area contributed by atoms with Crippen molar-refractivity contribution >= 4 is 22.7 Å². The summed E-state index contributed by atoms with van der Waals surface area (Å²) in [5, 5.41) is 6.47. The third-order valence-electron chi connectivity index (χ3n) is 6.99. The number of nitrogens with zero attached hydrogens (tertiary/aromatic N) is 8. The molecule has 6 heterocycles. The van der Waals surface area contributed by atoms with E-state index in [1.807, 2.05) is 66.0 Å². The van der Waals surface area contributed by atoms with Crippen LogP contribution in [0.15, 0.2) is 109 Å². The summed E-state index contributed by atoms with van der Waals surface area (Å²) < 4.78 is 0. The molecule has 0 aromatic carbocycles. The van der Waals surface area contributed by atoms with Gasteiger partial charge in [-0.3, -0.25) is 19.9 Å². The van der Waals surface area contributed by atoms with E-state index >= 15 is 0 Å². The molecule has 0 fully saturated rings. The van der Waals surface area contributed by atoms with Gasteiger partial charge in [0.2, 0.25) is 0 Å². The Morgan fingerprint density at radius 1 is 0.385 bits per heavy atom. The summed E-state index contributed by atoms with van der Waals surface area (Å²) in [4.78, 5) is 32.1. The summed E-state index contributed by atoms with van der Waals surface area (Å²) in [6.45, 7) is 25.7. The maximum Gasteiger partial charge on any atom is 0.115 e. The highest BCUT2D eigenvalue weighted by atomic mass is 32.1. The first-order valence-corrected chi connectivity index (χ1v) is 19.7. The van der Waals surface area contributed by atoms with Gasteiger partial charge in [-0.25, -0.2) is 19.9 Å². The number of pyridine rings is 2. The van der Waals surface area contributed by atoms with Crippen LogP contribution in [0.4, 0.5) is 0 Å². The zero-order chi connectivity index (χ0) is 38.7. The van der Waals surface area contributed by atoms with Crippen molar-refractivity contribution in [3.05, 3.63) is 142 Å². The average Bonchev–Trinajstić information content (AvgIpc) is 3.91. The number of thiazole rings is 2. The molecule has 0 N–H and O–H groups in total. The van der Waals surface area contributed by atoms with E-state index in [0.29, 0.717) is 35.5 Å². The maximum atomic E-state index is 4.13. The topological polar surface area (TPSA) is 103 Å². The highest BCUT2D eigenvalue weighted by Crippen LogP contribution is 2.16. The smallest absolute Gasteiger partial charge is 0.115 e. The van der Waals surface area contributed by atoms with Crippen molar-refractivity contribution in [2.45, 2.75) is 119 Å². The van der Waals surface area contributed by atoms with Gasteiger partial charge in [0.05, 0.1) is 15.7 Å². The molecule has 6 aromatic rings. The molecule has 0 unspecified atom stereocenters. The quantitative estimate of drug-likeness (QED) is 0.166. The summed E-state index contributed by atoms with van der Waals surface area (Å²) in [7, 11) is 0. The van der Waals surface area contributed by atoms with Gasteiger partial charge in [0, 0.05) is 90.3 Å². The number of rotatable bonds is 6. The van der Waals surface area contributed by atoms with E-state index in [9.17, 15) is 0 Å². The molecule has 0 atom stereocenters. The van der Waals surface area contributed by atoms with Crippen LogP contribution >= 0.6 is 22.7 Å². The molecule has 6 aromatic heterocycles. The normalized spacial score (nSPS) is 10.2. The largest absolute Gasteiger partial charge is 0.265 e. The number of hydrogen-bond donors (Lipinski definition) is 0. The van der Waals surface area contributed by atoms with Crippen molar-refractivity contribution in [2.24, 2.45) is 0 Å². The zero-order valence-electron chi connectivity index (χ0n) is 33.3. The van der Waals surface area contributed by atoms with E-state index in [-0.39, 0.29) is 0 Å². The SMILES string of the molecule is CC(C)c1cccnc1.CC(C)c1ccncc1.CC(C)c1ccncn1.CC(C)c1cnccn1.CC(C)c1nccs1.CC(C)c1nccs1. The van der Waals surface area contributed by atoms with Crippen molar-refractivity contribution < 1.29 is 0 Å². The van der Waals surface area contributed by atoms with Gasteiger partial charge in [-0.15, -0.1) is 22.7 Å². The Morgan fingerprint density at radius 3 is 1.19 bits per heavy atom. The molecule has 6 rings (SSSR count). The molecule has 0 amide bonds. The fourth-order valence-electron chi connectivity index (χ4n) is 3.76. The van der Waals surface area contributed by atoms with Gasteiger partial charge in [0.25, 0.3) is 0 Å². The summed E-state index contributed by atoms with van der Waals surface area (Å²) in [5.74, 6) is 3.39. The predicted octanol–water partition coefficient (Wildman–Crippen LogP) is 12.1. The molecule has 0 aliphatic heterocycles. The Balaban J connectivity index is 0.000000312. The Labute approximate surface area is 321 Å².